The van der Waals surface area contributed by atoms with Gasteiger partial charge >= 0.3 is 0 Å². The standard InChI is InChI=1S/C15H23N3OS/c1-11-7-12(16)9-18(8-11)10-15(19)17-13-5-3-4-6-14(13)20-2/h3-6,11-12H,7-10,16H2,1-2H3,(H,17,19). The van der Waals surface area contributed by atoms with E-state index in [0.717, 1.165) is 30.1 Å². The summed E-state index contributed by atoms with van der Waals surface area (Å²) in [6, 6.07) is 8.05. The topological polar surface area (TPSA) is 58.4 Å². The van der Waals surface area contributed by atoms with E-state index in [1.54, 1.807) is 11.8 Å². The molecule has 2 unspecified atom stereocenters. The number of nitrogens with one attached hydrogen (secondary N) is 1. The molecule has 5 heteroatoms. The zero-order valence-corrected chi connectivity index (χ0v) is 13.0. The number of likely N-dealkylation sites (tertiary alicyclic amines) is 1. The summed E-state index contributed by atoms with van der Waals surface area (Å²) < 4.78 is 0. The van der Waals surface area contributed by atoms with Gasteiger partial charge in [-0.1, -0.05) is 19.1 Å². The van der Waals surface area contributed by atoms with Crippen LogP contribution in [0.4, 0.5) is 5.69 Å². The Labute approximate surface area is 125 Å². The fraction of sp³-hybridized carbons (Fsp3) is 0.533. The average molecular weight is 293 g/mol. The Morgan fingerprint density at radius 3 is 2.90 bits per heavy atom. The second-order valence-corrected chi connectivity index (χ2v) is 6.39. The molecule has 0 spiro atoms. The van der Waals surface area contributed by atoms with E-state index >= 15 is 0 Å². The third kappa shape index (κ3) is 4.23. The zero-order chi connectivity index (χ0) is 14.5. The lowest BCUT2D eigenvalue weighted by Gasteiger charge is -2.34. The van der Waals surface area contributed by atoms with Crippen molar-refractivity contribution in [1.82, 2.24) is 4.90 Å². The number of nitrogens with zero attached hydrogens (tertiary/aromatic N) is 1. The highest BCUT2D eigenvalue weighted by atomic mass is 32.2. The lowest BCUT2D eigenvalue weighted by molar-refractivity contribution is -0.117. The molecule has 110 valence electrons. The fourth-order valence-corrected chi connectivity index (χ4v) is 3.34. The first-order valence-corrected chi connectivity index (χ1v) is 8.21. The maximum absolute atomic E-state index is 12.2. The quantitative estimate of drug-likeness (QED) is 0.834. The molecule has 20 heavy (non-hydrogen) atoms. The molecule has 3 N–H and O–H groups in total. The van der Waals surface area contributed by atoms with Crippen LogP contribution in [-0.2, 0) is 4.79 Å². The summed E-state index contributed by atoms with van der Waals surface area (Å²) in [5, 5.41) is 3.00. The Hall–Kier alpha value is -1.04. The second-order valence-electron chi connectivity index (χ2n) is 5.54. The number of para-hydroxylation sites is 1. The number of anilines is 1. The lowest BCUT2D eigenvalue weighted by atomic mass is 9.97. The highest BCUT2D eigenvalue weighted by Crippen LogP contribution is 2.24. The first-order valence-electron chi connectivity index (χ1n) is 6.99. The molecule has 2 rings (SSSR count). The number of hydrogen-bond acceptors (Lipinski definition) is 4. The van der Waals surface area contributed by atoms with E-state index in [1.165, 1.54) is 0 Å². The Bertz CT molecular complexity index is 456. The summed E-state index contributed by atoms with van der Waals surface area (Å²) in [5.74, 6) is 0.595. The van der Waals surface area contributed by atoms with Crippen LogP contribution in [0.3, 0.4) is 0 Å². The predicted octanol–water partition coefficient (Wildman–Crippen LogP) is 2.02. The van der Waals surface area contributed by atoms with Crippen LogP contribution in [0.5, 0.6) is 0 Å². The second kappa shape index (κ2) is 7.11. The Morgan fingerprint density at radius 2 is 2.20 bits per heavy atom. The summed E-state index contributed by atoms with van der Waals surface area (Å²) in [4.78, 5) is 15.4. The van der Waals surface area contributed by atoms with Gasteiger partial charge < -0.3 is 11.1 Å². The summed E-state index contributed by atoms with van der Waals surface area (Å²) >= 11 is 1.64. The van der Waals surface area contributed by atoms with Crippen molar-refractivity contribution in [2.24, 2.45) is 11.7 Å². The van der Waals surface area contributed by atoms with Crippen LogP contribution >= 0.6 is 11.8 Å². The van der Waals surface area contributed by atoms with Crippen molar-refractivity contribution in [2.45, 2.75) is 24.3 Å². The van der Waals surface area contributed by atoms with Gasteiger partial charge in [0.1, 0.15) is 0 Å². The van der Waals surface area contributed by atoms with E-state index in [1.807, 2.05) is 30.5 Å². The minimum atomic E-state index is 0.0350. The van der Waals surface area contributed by atoms with Crippen LogP contribution in [0.2, 0.25) is 0 Å². The molecule has 1 amide bonds. The van der Waals surface area contributed by atoms with Crippen molar-refractivity contribution in [1.29, 1.82) is 0 Å². The molecule has 2 atom stereocenters. The van der Waals surface area contributed by atoms with Crippen LogP contribution in [0, 0.1) is 5.92 Å². The van der Waals surface area contributed by atoms with Crippen molar-refractivity contribution in [3.8, 4) is 0 Å². The van der Waals surface area contributed by atoms with Gasteiger partial charge in [-0.05, 0) is 30.7 Å². The summed E-state index contributed by atoms with van der Waals surface area (Å²) in [7, 11) is 0. The molecule has 4 nitrogen and oxygen atoms in total. The number of carbonyl (C=O) groups is 1. The number of thioether (sulfide) groups is 1. The van der Waals surface area contributed by atoms with Gasteiger partial charge in [0.2, 0.25) is 5.91 Å². The van der Waals surface area contributed by atoms with Crippen molar-refractivity contribution >= 4 is 23.4 Å². The van der Waals surface area contributed by atoms with E-state index in [4.69, 9.17) is 5.73 Å². The molecule has 0 bridgehead atoms. The van der Waals surface area contributed by atoms with Crippen LogP contribution < -0.4 is 11.1 Å². The molecule has 1 aliphatic rings. The molecule has 1 aromatic carbocycles. The Kier molecular flexibility index (Phi) is 5.46. The normalized spacial score (nSPS) is 23.6. The molecular weight excluding hydrogens is 270 g/mol. The number of benzene rings is 1. The lowest BCUT2D eigenvalue weighted by Crippen LogP contribution is -2.48. The smallest absolute Gasteiger partial charge is 0.238 e. The predicted molar refractivity (Wildman–Crippen MR) is 85.0 cm³/mol. The molecule has 0 aliphatic carbocycles. The highest BCUT2D eigenvalue weighted by Gasteiger charge is 2.23. The molecule has 1 fully saturated rings. The molecule has 1 aliphatic heterocycles. The minimum absolute atomic E-state index is 0.0350. The third-order valence-corrected chi connectivity index (χ3v) is 4.31. The first kappa shape index (κ1) is 15.4. The van der Waals surface area contributed by atoms with E-state index in [9.17, 15) is 4.79 Å². The number of nitrogens with two attached hydrogens (primary N) is 1. The highest BCUT2D eigenvalue weighted by molar-refractivity contribution is 7.98. The molecule has 0 aromatic heterocycles. The zero-order valence-electron chi connectivity index (χ0n) is 12.1. The number of carbonyl (C=O) groups excluding carboxylic acids is 1. The van der Waals surface area contributed by atoms with Gasteiger partial charge in [-0.2, -0.15) is 0 Å². The fourth-order valence-electron chi connectivity index (χ4n) is 2.78. The van der Waals surface area contributed by atoms with E-state index in [0.29, 0.717) is 12.5 Å². The Morgan fingerprint density at radius 1 is 1.45 bits per heavy atom. The molecule has 1 heterocycles. The van der Waals surface area contributed by atoms with Crippen LogP contribution in [0.15, 0.2) is 29.2 Å². The van der Waals surface area contributed by atoms with Crippen molar-refractivity contribution in [2.75, 3.05) is 31.2 Å². The van der Waals surface area contributed by atoms with Crippen molar-refractivity contribution in [3.05, 3.63) is 24.3 Å². The molecule has 1 aromatic rings. The van der Waals surface area contributed by atoms with Gasteiger partial charge in [-0.15, -0.1) is 11.8 Å². The Balaban J connectivity index is 1.92. The van der Waals surface area contributed by atoms with Gasteiger partial charge in [0.15, 0.2) is 0 Å². The summed E-state index contributed by atoms with van der Waals surface area (Å²) in [5.41, 5.74) is 6.90. The van der Waals surface area contributed by atoms with Gasteiger partial charge in [-0.25, -0.2) is 0 Å². The number of rotatable bonds is 4. The van der Waals surface area contributed by atoms with Gasteiger partial charge in [0.05, 0.1) is 12.2 Å². The summed E-state index contributed by atoms with van der Waals surface area (Å²) in [6.07, 6.45) is 3.06. The van der Waals surface area contributed by atoms with Gasteiger partial charge in [-0.3, -0.25) is 9.69 Å². The molecule has 0 radical (unpaired) electrons. The van der Waals surface area contributed by atoms with Crippen LogP contribution in [0.25, 0.3) is 0 Å². The van der Waals surface area contributed by atoms with Gasteiger partial charge in [0.25, 0.3) is 0 Å². The van der Waals surface area contributed by atoms with Crippen LogP contribution in [0.1, 0.15) is 13.3 Å². The minimum Gasteiger partial charge on any atom is -0.327 e. The number of amides is 1. The van der Waals surface area contributed by atoms with E-state index in [-0.39, 0.29) is 11.9 Å². The van der Waals surface area contributed by atoms with Crippen LogP contribution in [-0.4, -0.2) is 42.7 Å². The largest absolute Gasteiger partial charge is 0.327 e. The first-order chi connectivity index (χ1) is 9.58. The van der Waals surface area contributed by atoms with Crippen molar-refractivity contribution < 1.29 is 4.79 Å². The van der Waals surface area contributed by atoms with Crippen molar-refractivity contribution in [3.63, 3.8) is 0 Å². The SMILES string of the molecule is CSc1ccccc1NC(=O)CN1CC(C)CC(N)C1. The molecule has 0 saturated carbocycles. The average Bonchev–Trinajstić information content (AvgIpc) is 2.37. The number of piperidine rings is 1. The summed E-state index contributed by atoms with van der Waals surface area (Å²) in [6.45, 7) is 4.36. The third-order valence-electron chi connectivity index (χ3n) is 3.52. The maximum atomic E-state index is 12.2. The monoisotopic (exact) mass is 293 g/mol. The molecular formula is C15H23N3OS. The van der Waals surface area contributed by atoms with E-state index in [2.05, 4.69) is 17.1 Å². The van der Waals surface area contributed by atoms with E-state index < -0.39 is 0 Å². The molecule has 1 saturated heterocycles. The maximum Gasteiger partial charge on any atom is 0.238 e. The number of hydrogen-bond donors (Lipinski definition) is 2. The van der Waals surface area contributed by atoms with Gasteiger partial charge in [0, 0.05) is 24.0 Å².